The van der Waals surface area contributed by atoms with E-state index in [1.54, 1.807) is 48.5 Å². The van der Waals surface area contributed by atoms with Gasteiger partial charge in [-0.25, -0.2) is 8.42 Å². The number of halogens is 1. The molecule has 3 aromatic carbocycles. The second kappa shape index (κ2) is 14.8. The predicted octanol–water partition coefficient (Wildman–Crippen LogP) is 5.83. The molecule has 1 heterocycles. The number of para-hydroxylation sites is 1. The van der Waals surface area contributed by atoms with Crippen LogP contribution in [0.25, 0.3) is 10.9 Å². The van der Waals surface area contributed by atoms with Crippen LogP contribution in [-0.4, -0.2) is 50.0 Å². The molecule has 3 N–H and O–H groups in total. The molecule has 0 unspecified atom stereocenters. The predicted molar refractivity (Wildman–Crippen MR) is 174 cm³/mol. The number of carbonyl (C=O) groups is 3. The summed E-state index contributed by atoms with van der Waals surface area (Å²) >= 11 is 10.3. The number of esters is 1. The molecular weight excluding hydrogens is 622 g/mol. The highest BCUT2D eigenvalue weighted by Gasteiger charge is 2.30. The van der Waals surface area contributed by atoms with Gasteiger partial charge in [0.2, 0.25) is 9.84 Å². The van der Waals surface area contributed by atoms with Gasteiger partial charge < -0.3 is 20.4 Å². The minimum Gasteiger partial charge on any atom is -0.426 e. The Bertz CT molecular complexity index is 1780. The lowest BCUT2D eigenvalue weighted by molar-refractivity contribution is -0.134. The van der Waals surface area contributed by atoms with Gasteiger partial charge in [-0.15, -0.1) is 0 Å². The van der Waals surface area contributed by atoms with Crippen molar-refractivity contribution in [3.8, 4) is 5.75 Å². The van der Waals surface area contributed by atoms with Gasteiger partial charge in [-0.2, -0.15) is 12.6 Å². The van der Waals surface area contributed by atoms with Gasteiger partial charge in [0.05, 0.1) is 10.5 Å². The molecule has 12 heteroatoms. The van der Waals surface area contributed by atoms with E-state index in [9.17, 15) is 22.8 Å². The Morgan fingerprint density at radius 2 is 1.55 bits per heavy atom. The summed E-state index contributed by atoms with van der Waals surface area (Å²) in [7, 11) is -4.08. The number of hydrogen-bond acceptors (Lipinski definition) is 7. The molecule has 1 aromatic heterocycles. The molecule has 0 saturated heterocycles. The van der Waals surface area contributed by atoms with E-state index < -0.39 is 21.7 Å². The first-order valence-electron chi connectivity index (χ1n) is 14.1. The Morgan fingerprint density at radius 3 is 2.23 bits per heavy atom. The SMILES string of the molecule is Cc1cc(C)cc(S(=O)(=O)c2c(C(=O)NCCCCNC(=O)c3ccccc3OC(=O)CCCS)[nH]c3ccc(Cl)cc23)c1. The Hall–Kier alpha value is -3.80. The first-order chi connectivity index (χ1) is 21.0. The number of aryl methyl sites for hydroxylation is 2. The lowest BCUT2D eigenvalue weighted by Crippen LogP contribution is -2.28. The number of aromatic nitrogens is 1. The Balaban J connectivity index is 1.39. The standard InChI is InChI=1S/C32H34ClN3O6S2/c1-20-16-21(2)18-23(17-20)44(40,41)30-25-19-22(33)11-12-26(25)36-29(30)32(39)35-14-6-5-13-34-31(38)24-8-3-4-9-27(24)42-28(37)10-7-15-43/h3-4,8-9,11-12,16-19,36,43H,5-7,10,13-15H2,1-2H3,(H,34,38)(H,35,39). The van der Waals surface area contributed by atoms with Crippen LogP contribution < -0.4 is 15.4 Å². The summed E-state index contributed by atoms with van der Waals surface area (Å²) in [4.78, 5) is 41.0. The summed E-state index contributed by atoms with van der Waals surface area (Å²) < 4.78 is 33.1. The summed E-state index contributed by atoms with van der Waals surface area (Å²) in [5.74, 6) is -0.643. The molecule has 0 aliphatic carbocycles. The molecule has 4 rings (SSSR count). The van der Waals surface area contributed by atoms with Gasteiger partial charge >= 0.3 is 5.97 Å². The molecule has 2 amide bonds. The van der Waals surface area contributed by atoms with E-state index in [2.05, 4.69) is 28.2 Å². The maximum atomic E-state index is 13.9. The smallest absolute Gasteiger partial charge is 0.311 e. The summed E-state index contributed by atoms with van der Waals surface area (Å²) in [5.41, 5.74) is 2.21. The Morgan fingerprint density at radius 1 is 0.886 bits per heavy atom. The Kier molecular flexibility index (Phi) is 11.1. The molecule has 0 atom stereocenters. The van der Waals surface area contributed by atoms with Gasteiger partial charge in [-0.05, 0) is 92.5 Å². The maximum absolute atomic E-state index is 13.9. The maximum Gasteiger partial charge on any atom is 0.311 e. The molecule has 232 valence electrons. The van der Waals surface area contributed by atoms with Crippen molar-refractivity contribution in [2.75, 3.05) is 18.8 Å². The van der Waals surface area contributed by atoms with E-state index in [0.717, 1.165) is 11.1 Å². The first kappa shape index (κ1) is 33.1. The summed E-state index contributed by atoms with van der Waals surface area (Å²) in [5, 5.41) is 6.26. The number of benzene rings is 3. The third-order valence-corrected chi connectivity index (χ3v) is 9.15. The molecule has 44 heavy (non-hydrogen) atoms. The summed E-state index contributed by atoms with van der Waals surface area (Å²) in [6.45, 7) is 4.18. The second-order valence-corrected chi connectivity index (χ2v) is 13.1. The fourth-order valence-corrected chi connectivity index (χ4v) is 6.88. The van der Waals surface area contributed by atoms with Crippen molar-refractivity contribution in [1.82, 2.24) is 15.6 Å². The quantitative estimate of drug-likeness (QED) is 0.0620. The van der Waals surface area contributed by atoms with Crippen molar-refractivity contribution in [2.24, 2.45) is 0 Å². The lowest BCUT2D eigenvalue weighted by atomic mass is 10.2. The number of fused-ring (bicyclic) bond motifs is 1. The number of thiol groups is 1. The zero-order chi connectivity index (χ0) is 31.9. The first-order valence-corrected chi connectivity index (χ1v) is 16.6. The minimum absolute atomic E-state index is 0.0738. The third-order valence-electron chi connectivity index (χ3n) is 6.78. The van der Waals surface area contributed by atoms with E-state index in [0.29, 0.717) is 47.5 Å². The summed E-state index contributed by atoms with van der Waals surface area (Å²) in [6.07, 6.45) is 1.82. The molecule has 0 bridgehead atoms. The van der Waals surface area contributed by atoms with Crippen LogP contribution in [0.3, 0.4) is 0 Å². The van der Waals surface area contributed by atoms with Crippen LogP contribution >= 0.6 is 24.2 Å². The lowest BCUT2D eigenvalue weighted by Gasteiger charge is -2.11. The molecule has 0 saturated carbocycles. The number of hydrogen-bond donors (Lipinski definition) is 4. The zero-order valence-electron chi connectivity index (χ0n) is 24.4. The van der Waals surface area contributed by atoms with Crippen molar-refractivity contribution < 1.29 is 27.5 Å². The number of aromatic amines is 1. The van der Waals surface area contributed by atoms with Crippen LogP contribution in [0.2, 0.25) is 5.02 Å². The van der Waals surface area contributed by atoms with E-state index in [-0.39, 0.29) is 45.7 Å². The van der Waals surface area contributed by atoms with E-state index >= 15 is 0 Å². The highest BCUT2D eigenvalue weighted by atomic mass is 35.5. The normalized spacial score (nSPS) is 11.4. The average molecular weight is 656 g/mol. The molecule has 0 aliphatic rings. The molecule has 4 aromatic rings. The van der Waals surface area contributed by atoms with Gasteiger partial charge in [0.15, 0.2) is 0 Å². The van der Waals surface area contributed by atoms with Gasteiger partial charge in [0.25, 0.3) is 11.8 Å². The largest absolute Gasteiger partial charge is 0.426 e. The third kappa shape index (κ3) is 8.02. The van der Waals surface area contributed by atoms with Crippen molar-refractivity contribution in [1.29, 1.82) is 0 Å². The van der Waals surface area contributed by atoms with Gasteiger partial charge in [-0.1, -0.05) is 29.8 Å². The van der Waals surface area contributed by atoms with Crippen LogP contribution in [-0.2, 0) is 14.6 Å². The highest BCUT2D eigenvalue weighted by molar-refractivity contribution is 7.91. The number of rotatable bonds is 13. The minimum atomic E-state index is -4.08. The number of ether oxygens (including phenoxy) is 1. The van der Waals surface area contributed by atoms with Crippen LogP contribution in [0.1, 0.15) is 57.7 Å². The van der Waals surface area contributed by atoms with Gasteiger partial charge in [0, 0.05) is 35.4 Å². The number of unbranched alkanes of at least 4 members (excludes halogenated alkanes) is 1. The van der Waals surface area contributed by atoms with E-state index in [1.807, 2.05) is 19.9 Å². The number of nitrogens with one attached hydrogen (secondary N) is 3. The van der Waals surface area contributed by atoms with Crippen molar-refractivity contribution in [2.45, 2.75) is 49.3 Å². The Labute approximate surface area is 267 Å². The molecule has 0 aliphatic heterocycles. The number of amides is 2. The van der Waals surface area contributed by atoms with Crippen LogP contribution in [0, 0.1) is 13.8 Å². The zero-order valence-corrected chi connectivity index (χ0v) is 26.9. The van der Waals surface area contributed by atoms with Gasteiger partial charge in [-0.3, -0.25) is 14.4 Å². The number of carbonyl (C=O) groups excluding carboxylic acids is 3. The van der Waals surface area contributed by atoms with Crippen LogP contribution in [0.15, 0.2) is 70.5 Å². The van der Waals surface area contributed by atoms with Crippen LogP contribution in [0.5, 0.6) is 5.75 Å². The average Bonchev–Trinajstić information content (AvgIpc) is 3.37. The molecule has 0 fully saturated rings. The number of sulfone groups is 1. The van der Waals surface area contributed by atoms with E-state index in [4.69, 9.17) is 16.3 Å². The highest BCUT2D eigenvalue weighted by Crippen LogP contribution is 2.34. The fourth-order valence-electron chi connectivity index (χ4n) is 4.76. The monoisotopic (exact) mass is 655 g/mol. The molecule has 9 nitrogen and oxygen atoms in total. The second-order valence-electron chi connectivity index (χ2n) is 10.4. The topological polar surface area (TPSA) is 134 Å². The molecule has 0 radical (unpaired) electrons. The van der Waals surface area contributed by atoms with Crippen LogP contribution in [0.4, 0.5) is 0 Å². The van der Waals surface area contributed by atoms with Crippen molar-refractivity contribution >= 4 is 62.8 Å². The molecular formula is C32H34ClN3O6S2. The van der Waals surface area contributed by atoms with Gasteiger partial charge in [0.1, 0.15) is 16.3 Å². The summed E-state index contributed by atoms with van der Waals surface area (Å²) in [6, 6.07) is 16.3. The molecule has 0 spiro atoms. The van der Waals surface area contributed by atoms with Crippen molar-refractivity contribution in [3.05, 3.63) is 88.1 Å². The van der Waals surface area contributed by atoms with Crippen molar-refractivity contribution in [3.63, 3.8) is 0 Å². The number of H-pyrrole nitrogens is 1. The van der Waals surface area contributed by atoms with E-state index in [1.165, 1.54) is 6.07 Å². The fraction of sp³-hybridized carbons (Fsp3) is 0.281.